The van der Waals surface area contributed by atoms with Crippen LogP contribution in [0.1, 0.15) is 276 Å². The summed E-state index contributed by atoms with van der Waals surface area (Å²) in [6, 6.07) is 2.89. The molecule has 0 fully saturated rings. The number of nitrogens with zero attached hydrogens (tertiary/aromatic N) is 1. The first-order chi connectivity index (χ1) is 40.9. The number of aromatic amines is 1. The highest BCUT2D eigenvalue weighted by Crippen LogP contribution is 2.29. The van der Waals surface area contributed by atoms with Crippen LogP contribution in [0.15, 0.2) is 30.5 Å². The molecule has 1 aromatic carbocycles. The van der Waals surface area contributed by atoms with E-state index in [2.05, 4.69) is 34.8 Å². The third kappa shape index (κ3) is 30.7. The molecule has 1 heterocycles. The van der Waals surface area contributed by atoms with Crippen LogP contribution in [0.25, 0.3) is 10.9 Å². The number of aromatic nitrogens is 1. The number of benzene rings is 1. The lowest BCUT2D eigenvalue weighted by Crippen LogP contribution is -2.65. The Kier molecular flexibility index (Phi) is 43.7. The first kappa shape index (κ1) is 75.5. The number of unbranched alkanes of at least 4 members (excludes halogenated alkanes) is 28. The van der Waals surface area contributed by atoms with Gasteiger partial charge in [0, 0.05) is 36.4 Å². The van der Waals surface area contributed by atoms with E-state index in [1.54, 1.807) is 6.20 Å². The topological polar surface area (TPSA) is 305 Å². The first-order valence-corrected chi connectivity index (χ1v) is 33.7. The molecule has 0 aliphatic heterocycles. The zero-order valence-corrected chi connectivity index (χ0v) is 52.7. The van der Waals surface area contributed by atoms with Crippen LogP contribution in [-0.2, 0) is 40.0 Å². The van der Waals surface area contributed by atoms with Gasteiger partial charge in [-0.1, -0.05) is 193 Å². The van der Waals surface area contributed by atoms with Gasteiger partial charge in [-0.25, -0.2) is 0 Å². The van der Waals surface area contributed by atoms with Gasteiger partial charge >= 0.3 is 0 Å². The van der Waals surface area contributed by atoms with Gasteiger partial charge in [0.25, 0.3) is 5.91 Å². The number of hydrogen-bond donors (Lipinski definition) is 9. The summed E-state index contributed by atoms with van der Waals surface area (Å²) >= 11 is 0. The largest absolute Gasteiger partial charge is 0.361 e. The number of imide groups is 1. The molecular weight excluding hydrogens is 1060 g/mol. The van der Waals surface area contributed by atoms with Crippen molar-refractivity contribution in [2.75, 3.05) is 26.2 Å². The van der Waals surface area contributed by atoms with Crippen LogP contribution < -0.4 is 44.6 Å². The highest BCUT2D eigenvalue weighted by molar-refractivity contribution is 6.13. The summed E-state index contributed by atoms with van der Waals surface area (Å²) in [4.78, 5) is 107. The molecule has 5 amide bonds. The molecule has 5 atom stereocenters. The molecule has 0 aliphatic carbocycles. The first-order valence-electron chi connectivity index (χ1n) is 33.7. The van der Waals surface area contributed by atoms with Crippen molar-refractivity contribution < 1.29 is 33.6 Å². The second-order valence-corrected chi connectivity index (χ2v) is 23.9. The monoisotopic (exact) mass is 1180 g/mol. The van der Waals surface area contributed by atoms with Crippen LogP contribution in [0.2, 0.25) is 0 Å². The number of amides is 5. The van der Waals surface area contributed by atoms with Crippen molar-refractivity contribution in [2.45, 2.75) is 307 Å². The lowest BCUT2D eigenvalue weighted by molar-refractivity contribution is -0.157. The molecule has 2 aromatic rings. The van der Waals surface area contributed by atoms with Crippen molar-refractivity contribution in [3.8, 4) is 0 Å². The lowest BCUT2D eigenvalue weighted by atomic mass is 9.83. The van der Waals surface area contributed by atoms with Gasteiger partial charge < -0.3 is 49.6 Å². The van der Waals surface area contributed by atoms with Gasteiger partial charge in [0.05, 0.1) is 6.04 Å². The van der Waals surface area contributed by atoms with Crippen LogP contribution in [-0.4, -0.2) is 107 Å². The van der Waals surface area contributed by atoms with E-state index in [0.29, 0.717) is 77.3 Å². The number of carbonyl (C=O) groups is 6. The fraction of sp³-hybridized carbons (Fsp3) is 0.776. The minimum absolute atomic E-state index is 0.0276. The Morgan fingerprint density at radius 2 is 0.917 bits per heavy atom. The van der Waals surface area contributed by atoms with Crippen molar-refractivity contribution >= 4 is 52.5 Å². The number of nitrogens with two attached hydrogens (primary N) is 5. The Labute approximate surface area is 507 Å². The maximum Gasteiger partial charge on any atom is 0.253 e. The maximum absolute atomic E-state index is 15.6. The Morgan fingerprint density at radius 3 is 1.42 bits per heavy atom. The van der Waals surface area contributed by atoms with Crippen LogP contribution in [0.3, 0.4) is 0 Å². The number of nitrogens with one attached hydrogen (secondary N) is 4. The Hall–Kier alpha value is -4.55. The summed E-state index contributed by atoms with van der Waals surface area (Å²) in [6.45, 7) is 5.79. The zero-order chi connectivity index (χ0) is 61.5. The molecule has 0 saturated heterocycles. The van der Waals surface area contributed by atoms with Gasteiger partial charge in [0.1, 0.15) is 18.1 Å². The van der Waals surface area contributed by atoms with E-state index in [1.165, 1.54) is 103 Å². The van der Waals surface area contributed by atoms with Crippen molar-refractivity contribution in [1.29, 1.82) is 0 Å². The Morgan fingerprint density at radius 1 is 0.500 bits per heavy atom. The molecule has 0 aliphatic rings. The normalized spacial score (nSPS) is 13.7. The van der Waals surface area contributed by atoms with E-state index in [4.69, 9.17) is 28.7 Å². The number of carbonyl (C=O) groups excluding carboxylic acids is 7. The summed E-state index contributed by atoms with van der Waals surface area (Å²) in [7, 11) is 0. The maximum atomic E-state index is 15.6. The van der Waals surface area contributed by atoms with E-state index >= 15 is 4.79 Å². The summed E-state index contributed by atoms with van der Waals surface area (Å²) in [5, 5.41) is 9.52. The molecule has 14 N–H and O–H groups in total. The average molecular weight is 1180 g/mol. The molecule has 1 aromatic heterocycles. The van der Waals surface area contributed by atoms with Crippen molar-refractivity contribution in [3.05, 3.63) is 36.0 Å². The molecule has 479 valence electrons. The molecule has 17 heteroatoms. The van der Waals surface area contributed by atoms with Gasteiger partial charge in [-0.2, -0.15) is 0 Å². The second-order valence-electron chi connectivity index (χ2n) is 23.9. The lowest BCUT2D eigenvalue weighted by Gasteiger charge is -2.39. The van der Waals surface area contributed by atoms with Crippen molar-refractivity contribution in [2.24, 2.45) is 28.7 Å². The third-order valence-corrected chi connectivity index (χ3v) is 16.7. The molecule has 0 spiro atoms. The fourth-order valence-corrected chi connectivity index (χ4v) is 11.4. The number of rotatable bonds is 56. The van der Waals surface area contributed by atoms with Crippen LogP contribution >= 0.6 is 0 Å². The minimum Gasteiger partial charge on any atom is -0.361 e. The summed E-state index contributed by atoms with van der Waals surface area (Å²) in [5.41, 5.74) is 29.3. The molecule has 1 radical (unpaired) electrons. The number of fused-ring (bicyclic) bond motifs is 1. The second kappa shape index (κ2) is 48.6. The SMILES string of the molecule is CCCCCCCCCCCCCCCC(=O)N(C(=O)[C@H](CCCCN)NC(=O)[C@H](CCCCN)NC(=O)[C@H](Cc1c[nH]c2ccccc12)NC(=O)[C@@H](N)CCCCN)[C@]([C]=O)(CCCCN)C(=O)CCCCCCCCCCCCCCC. The number of hydrogen-bond acceptors (Lipinski definition) is 12. The van der Waals surface area contributed by atoms with Crippen molar-refractivity contribution in [1.82, 2.24) is 25.8 Å². The fourth-order valence-electron chi connectivity index (χ4n) is 11.4. The highest BCUT2D eigenvalue weighted by atomic mass is 16.2. The van der Waals surface area contributed by atoms with Crippen LogP contribution in [0.4, 0.5) is 0 Å². The minimum atomic E-state index is -2.25. The van der Waals surface area contributed by atoms with Gasteiger partial charge in [-0.15, -0.1) is 0 Å². The summed E-state index contributed by atoms with van der Waals surface area (Å²) in [6.07, 6.45) is 36.5. The predicted octanol–water partition coefficient (Wildman–Crippen LogP) is 10.7. The standard InChI is InChI=1S/C67H119N10O7/c1-3-5-7-9-11-13-15-17-19-21-23-25-27-44-61(79)67(53-78,46-34-38-50-71)77(62(80)45-28-26-24-22-20-18-16-14-12-10-8-6-4-2)66(84)59(43-33-37-49-70)75-64(82)58(42-32-36-48-69)74-65(83)60(76-63(81)56(72)40-31-35-47-68)51-54-52-73-57-41-30-29-39-55(54)57/h29-30,39,41,52,56,58-60,73H,3-28,31-38,40,42-51,68-72H2,1-2H3,(H,74,83)(H,75,82)(H,76,81)/t56-,58-,59-,60-,67-/m0/s1. The number of para-hydroxylation sites is 1. The predicted molar refractivity (Wildman–Crippen MR) is 343 cm³/mol. The van der Waals surface area contributed by atoms with Crippen LogP contribution in [0, 0.1) is 0 Å². The molecule has 2 rings (SSSR count). The van der Waals surface area contributed by atoms with Crippen molar-refractivity contribution in [3.63, 3.8) is 0 Å². The molecule has 0 bridgehead atoms. The highest BCUT2D eigenvalue weighted by Gasteiger charge is 2.51. The molecule has 84 heavy (non-hydrogen) atoms. The Bertz CT molecular complexity index is 2090. The molecule has 17 nitrogen and oxygen atoms in total. The Balaban J connectivity index is 2.52. The van der Waals surface area contributed by atoms with Crippen LogP contribution in [0.5, 0.6) is 0 Å². The molecular formula is C67H119N10O7. The number of H-pyrrole nitrogens is 1. The smallest absolute Gasteiger partial charge is 0.253 e. The van der Waals surface area contributed by atoms with E-state index in [0.717, 1.165) is 72.7 Å². The van der Waals surface area contributed by atoms with E-state index in [9.17, 15) is 28.8 Å². The van der Waals surface area contributed by atoms with Gasteiger partial charge in [0.2, 0.25) is 29.9 Å². The summed E-state index contributed by atoms with van der Waals surface area (Å²) < 4.78 is 0. The number of ketones is 1. The third-order valence-electron chi connectivity index (χ3n) is 16.7. The zero-order valence-electron chi connectivity index (χ0n) is 52.7. The van der Waals surface area contributed by atoms with Gasteiger partial charge in [-0.05, 0) is 121 Å². The number of Topliss-reactive ketones (excluding diaryl/α,β-unsaturated/α-hetero) is 1. The van der Waals surface area contributed by atoms with Gasteiger partial charge in [-0.3, -0.25) is 38.5 Å². The van der Waals surface area contributed by atoms with Gasteiger partial charge in [0.15, 0.2) is 11.3 Å². The average Bonchev–Trinajstić information content (AvgIpc) is 3.19. The molecule has 0 saturated carbocycles. The van der Waals surface area contributed by atoms with E-state index < -0.39 is 65.0 Å². The van der Waals surface area contributed by atoms with E-state index in [-0.39, 0.29) is 58.0 Å². The molecule has 0 unspecified atom stereocenters. The quantitative estimate of drug-likeness (QED) is 0.0221. The van der Waals surface area contributed by atoms with E-state index in [1.807, 2.05) is 30.6 Å². The summed E-state index contributed by atoms with van der Waals surface area (Å²) in [5.74, 6) is -3.99.